The van der Waals surface area contributed by atoms with E-state index in [-0.39, 0.29) is 0 Å². The highest BCUT2D eigenvalue weighted by molar-refractivity contribution is 5.70. The van der Waals surface area contributed by atoms with E-state index in [4.69, 9.17) is 4.74 Å². The second kappa shape index (κ2) is 5.51. The number of carbonyl (C=O) groups excluding carboxylic acids is 1. The molecule has 2 N–H and O–H groups in total. The zero-order valence-electron chi connectivity index (χ0n) is 12.6. The lowest BCUT2D eigenvalue weighted by atomic mass is 9.93. The molecule has 0 unspecified atom stereocenters. The first kappa shape index (κ1) is 15.3. The van der Waals surface area contributed by atoms with Crippen molar-refractivity contribution in [3.05, 3.63) is 29.8 Å². The number of benzene rings is 1. The molecule has 0 aliphatic rings. The summed E-state index contributed by atoms with van der Waals surface area (Å²) in [4.78, 5) is 11.9. The predicted molar refractivity (Wildman–Crippen MR) is 78.4 cm³/mol. The Morgan fingerprint density at radius 1 is 1.11 bits per heavy atom. The van der Waals surface area contributed by atoms with E-state index in [1.165, 1.54) is 0 Å². The molecule has 106 valence electrons. The molecular formula is C15H24N2O2. The summed E-state index contributed by atoms with van der Waals surface area (Å²) in [6, 6.07) is 7.88. The lowest BCUT2D eigenvalue weighted by molar-refractivity contribution is 0.0471. The smallest absolute Gasteiger partial charge is 0.408 e. The Bertz CT molecular complexity index is 448. The van der Waals surface area contributed by atoms with E-state index >= 15 is 0 Å². The van der Waals surface area contributed by atoms with Crippen molar-refractivity contribution in [1.29, 1.82) is 0 Å². The van der Waals surface area contributed by atoms with Crippen molar-refractivity contribution in [1.82, 2.24) is 5.32 Å². The average Bonchev–Trinajstić information content (AvgIpc) is 2.25. The number of para-hydroxylation sites is 1. The Kier molecular flexibility index (Phi) is 4.45. The maximum absolute atomic E-state index is 11.9. The molecule has 0 aliphatic carbocycles. The molecule has 0 saturated heterocycles. The van der Waals surface area contributed by atoms with Crippen LogP contribution >= 0.6 is 0 Å². The van der Waals surface area contributed by atoms with E-state index in [9.17, 15) is 4.79 Å². The second-order valence-corrected chi connectivity index (χ2v) is 6.05. The Morgan fingerprint density at radius 3 is 2.21 bits per heavy atom. The highest BCUT2D eigenvalue weighted by Gasteiger charge is 2.27. The van der Waals surface area contributed by atoms with Crippen molar-refractivity contribution in [2.24, 2.45) is 0 Å². The monoisotopic (exact) mass is 264 g/mol. The van der Waals surface area contributed by atoms with E-state index in [0.717, 1.165) is 11.3 Å². The Hall–Kier alpha value is -1.71. The molecule has 0 atom stereocenters. The van der Waals surface area contributed by atoms with Crippen molar-refractivity contribution >= 4 is 11.8 Å². The van der Waals surface area contributed by atoms with Gasteiger partial charge in [0.15, 0.2) is 0 Å². The molecule has 1 aromatic rings. The third-order valence-corrected chi connectivity index (χ3v) is 2.68. The number of ether oxygens (including phenoxy) is 1. The SMILES string of the molecule is CNc1ccccc1C(C)(C)NC(=O)OC(C)(C)C. The number of hydrogen-bond donors (Lipinski definition) is 2. The van der Waals surface area contributed by atoms with Gasteiger partial charge in [0.2, 0.25) is 0 Å². The van der Waals surface area contributed by atoms with Gasteiger partial charge in [-0.15, -0.1) is 0 Å². The van der Waals surface area contributed by atoms with Crippen LogP contribution in [0.1, 0.15) is 40.2 Å². The van der Waals surface area contributed by atoms with Gasteiger partial charge in [-0.1, -0.05) is 18.2 Å². The van der Waals surface area contributed by atoms with Crippen LogP contribution in [0.25, 0.3) is 0 Å². The molecule has 0 heterocycles. The summed E-state index contributed by atoms with van der Waals surface area (Å²) in [5, 5.41) is 6.03. The summed E-state index contributed by atoms with van der Waals surface area (Å²) >= 11 is 0. The van der Waals surface area contributed by atoms with Crippen LogP contribution in [0.2, 0.25) is 0 Å². The van der Waals surface area contributed by atoms with E-state index < -0.39 is 17.2 Å². The molecule has 0 spiro atoms. The number of rotatable bonds is 3. The molecule has 1 rings (SSSR count). The fraction of sp³-hybridized carbons (Fsp3) is 0.533. The number of nitrogens with one attached hydrogen (secondary N) is 2. The largest absolute Gasteiger partial charge is 0.444 e. The minimum Gasteiger partial charge on any atom is -0.444 e. The van der Waals surface area contributed by atoms with Crippen LogP contribution in [0.3, 0.4) is 0 Å². The summed E-state index contributed by atoms with van der Waals surface area (Å²) in [6.07, 6.45) is -0.414. The maximum Gasteiger partial charge on any atom is 0.408 e. The number of alkyl carbamates (subject to hydrolysis) is 1. The number of carbonyl (C=O) groups is 1. The van der Waals surface area contributed by atoms with Crippen LogP contribution in [0.4, 0.5) is 10.5 Å². The normalized spacial score (nSPS) is 11.9. The second-order valence-electron chi connectivity index (χ2n) is 6.05. The Balaban J connectivity index is 2.89. The fourth-order valence-corrected chi connectivity index (χ4v) is 1.87. The van der Waals surface area contributed by atoms with Crippen molar-refractivity contribution in [3.63, 3.8) is 0 Å². The lowest BCUT2D eigenvalue weighted by Gasteiger charge is -2.30. The zero-order chi connectivity index (χ0) is 14.7. The van der Waals surface area contributed by atoms with Crippen LogP contribution in [0.5, 0.6) is 0 Å². The van der Waals surface area contributed by atoms with E-state index in [1.54, 1.807) is 0 Å². The summed E-state index contributed by atoms with van der Waals surface area (Å²) in [5.41, 5.74) is 0.997. The molecule has 0 fully saturated rings. The van der Waals surface area contributed by atoms with Crippen molar-refractivity contribution in [3.8, 4) is 0 Å². The van der Waals surface area contributed by atoms with Crippen LogP contribution in [0, 0.1) is 0 Å². The van der Waals surface area contributed by atoms with Gasteiger partial charge in [-0.25, -0.2) is 4.79 Å². The molecule has 1 aromatic carbocycles. The van der Waals surface area contributed by atoms with Gasteiger partial charge < -0.3 is 15.4 Å². The zero-order valence-corrected chi connectivity index (χ0v) is 12.6. The first-order valence-corrected chi connectivity index (χ1v) is 6.44. The molecule has 1 amide bonds. The summed E-state index contributed by atoms with van der Waals surface area (Å²) in [7, 11) is 1.86. The summed E-state index contributed by atoms with van der Waals surface area (Å²) in [6.45, 7) is 9.45. The lowest BCUT2D eigenvalue weighted by Crippen LogP contribution is -2.44. The van der Waals surface area contributed by atoms with Gasteiger partial charge in [0.1, 0.15) is 5.60 Å². The third kappa shape index (κ3) is 4.47. The van der Waals surface area contributed by atoms with Crippen molar-refractivity contribution in [2.75, 3.05) is 12.4 Å². The van der Waals surface area contributed by atoms with Gasteiger partial charge in [-0.3, -0.25) is 0 Å². The Morgan fingerprint density at radius 2 is 1.68 bits per heavy atom. The molecule has 19 heavy (non-hydrogen) atoms. The first-order valence-electron chi connectivity index (χ1n) is 6.44. The molecule has 0 aromatic heterocycles. The minimum absolute atomic E-state index is 0.414. The van der Waals surface area contributed by atoms with Crippen LogP contribution < -0.4 is 10.6 Å². The van der Waals surface area contributed by atoms with Gasteiger partial charge in [0, 0.05) is 18.3 Å². The minimum atomic E-state index is -0.512. The predicted octanol–water partition coefficient (Wildman–Crippen LogP) is 3.49. The number of amides is 1. The van der Waals surface area contributed by atoms with E-state index in [2.05, 4.69) is 10.6 Å². The maximum atomic E-state index is 11.9. The standard InChI is InChI=1S/C15H24N2O2/c1-14(2,3)19-13(18)17-15(4,5)11-9-7-8-10-12(11)16-6/h7-10,16H,1-6H3,(H,17,18). The summed E-state index contributed by atoms with van der Waals surface area (Å²) < 4.78 is 5.30. The van der Waals surface area contributed by atoms with Crippen LogP contribution in [-0.4, -0.2) is 18.7 Å². The average molecular weight is 264 g/mol. The molecule has 0 saturated carbocycles. The van der Waals surface area contributed by atoms with Gasteiger partial charge in [-0.2, -0.15) is 0 Å². The quantitative estimate of drug-likeness (QED) is 0.878. The summed E-state index contributed by atoms with van der Waals surface area (Å²) in [5.74, 6) is 0. The van der Waals surface area contributed by atoms with Crippen LogP contribution in [-0.2, 0) is 10.3 Å². The van der Waals surface area contributed by atoms with E-state index in [1.807, 2.05) is 65.9 Å². The van der Waals surface area contributed by atoms with Crippen molar-refractivity contribution in [2.45, 2.75) is 45.8 Å². The van der Waals surface area contributed by atoms with Crippen LogP contribution in [0.15, 0.2) is 24.3 Å². The molecule has 4 nitrogen and oxygen atoms in total. The molecule has 0 bridgehead atoms. The van der Waals surface area contributed by atoms with Gasteiger partial charge in [0.25, 0.3) is 0 Å². The number of anilines is 1. The number of hydrogen-bond acceptors (Lipinski definition) is 3. The molecule has 4 heteroatoms. The first-order chi connectivity index (χ1) is 8.65. The topological polar surface area (TPSA) is 50.4 Å². The Labute approximate surface area is 115 Å². The van der Waals surface area contributed by atoms with Gasteiger partial charge >= 0.3 is 6.09 Å². The molecule has 0 aliphatic heterocycles. The molecule has 0 radical (unpaired) electrons. The molecular weight excluding hydrogens is 240 g/mol. The van der Waals surface area contributed by atoms with E-state index in [0.29, 0.717) is 0 Å². The van der Waals surface area contributed by atoms with Gasteiger partial charge in [-0.05, 0) is 40.7 Å². The van der Waals surface area contributed by atoms with Crippen molar-refractivity contribution < 1.29 is 9.53 Å². The fourth-order valence-electron chi connectivity index (χ4n) is 1.87. The highest BCUT2D eigenvalue weighted by atomic mass is 16.6. The van der Waals surface area contributed by atoms with Gasteiger partial charge in [0.05, 0.1) is 5.54 Å². The third-order valence-electron chi connectivity index (χ3n) is 2.68. The highest BCUT2D eigenvalue weighted by Crippen LogP contribution is 2.27.